The molecule has 9 nitrogen and oxygen atoms in total. The molecular formula is C20H21N5O4. The van der Waals surface area contributed by atoms with Crippen molar-refractivity contribution in [2.75, 3.05) is 12.4 Å². The van der Waals surface area contributed by atoms with Gasteiger partial charge in [-0.1, -0.05) is 13.3 Å². The third-order valence-corrected chi connectivity index (χ3v) is 4.38. The molecule has 1 aromatic carbocycles. The number of benzene rings is 1. The van der Waals surface area contributed by atoms with Crippen molar-refractivity contribution in [3.05, 3.63) is 59.2 Å². The number of anilines is 1. The van der Waals surface area contributed by atoms with Gasteiger partial charge in [-0.3, -0.25) is 14.0 Å². The number of nitrogens with two attached hydrogens (primary N) is 1. The van der Waals surface area contributed by atoms with Gasteiger partial charge in [-0.15, -0.1) is 0 Å². The highest BCUT2D eigenvalue weighted by Crippen LogP contribution is 2.18. The van der Waals surface area contributed by atoms with Gasteiger partial charge in [0.1, 0.15) is 12.1 Å². The number of aromatic nitrogens is 3. The Kier molecular flexibility index (Phi) is 5.87. The molecule has 0 aliphatic heterocycles. The second kappa shape index (κ2) is 8.51. The Morgan fingerprint density at radius 2 is 1.86 bits per heavy atom. The number of carbonyl (C=O) groups excluding carboxylic acids is 3. The number of nitrogens with zero attached hydrogens (tertiary/aromatic N) is 3. The van der Waals surface area contributed by atoms with Gasteiger partial charge in [0.2, 0.25) is 0 Å². The number of ether oxygens (including phenoxy) is 1. The van der Waals surface area contributed by atoms with Crippen molar-refractivity contribution in [3.63, 3.8) is 0 Å². The minimum Gasteiger partial charge on any atom is -0.465 e. The summed E-state index contributed by atoms with van der Waals surface area (Å²) in [5, 5.41) is 2.81. The number of unbranched alkanes of at least 4 members (excludes halogenated alkanes) is 1. The fourth-order valence-electron chi connectivity index (χ4n) is 2.84. The van der Waals surface area contributed by atoms with E-state index in [2.05, 4.69) is 26.9 Å². The van der Waals surface area contributed by atoms with Crippen LogP contribution in [0.2, 0.25) is 0 Å². The molecule has 2 heterocycles. The number of rotatable bonds is 7. The minimum atomic E-state index is -0.691. The monoisotopic (exact) mass is 395 g/mol. The van der Waals surface area contributed by atoms with E-state index in [0.717, 1.165) is 18.5 Å². The zero-order valence-corrected chi connectivity index (χ0v) is 16.1. The van der Waals surface area contributed by atoms with Crippen LogP contribution in [0.3, 0.4) is 0 Å². The smallest absolute Gasteiger partial charge is 0.337 e. The van der Waals surface area contributed by atoms with Crippen LogP contribution < -0.4 is 11.1 Å². The van der Waals surface area contributed by atoms with Crippen LogP contribution in [-0.2, 0) is 11.2 Å². The fraction of sp³-hybridized carbons (Fsp3) is 0.250. The molecule has 2 aromatic heterocycles. The van der Waals surface area contributed by atoms with Crippen molar-refractivity contribution in [1.82, 2.24) is 14.4 Å². The summed E-state index contributed by atoms with van der Waals surface area (Å²) in [5.41, 5.74) is 7.14. The molecule has 0 aliphatic rings. The molecule has 0 aliphatic carbocycles. The Balaban J connectivity index is 1.94. The van der Waals surface area contributed by atoms with Crippen LogP contribution in [-0.4, -0.2) is 39.3 Å². The van der Waals surface area contributed by atoms with Crippen LogP contribution >= 0.6 is 0 Å². The first-order chi connectivity index (χ1) is 13.9. The van der Waals surface area contributed by atoms with Crippen molar-refractivity contribution in [3.8, 4) is 0 Å². The first kappa shape index (κ1) is 20.0. The molecule has 3 N–H and O–H groups in total. The standard InChI is InChI=1S/C20H21N5O4/c1-3-4-5-14-10-15(25-11-22-16(17(21)26)18(25)23-14)24-19(27)12-6-8-13(9-7-12)20(28)29-2/h6-11H,3-5H2,1-2H3,(H2,21,26)(H,24,27). The molecule has 0 bridgehead atoms. The lowest BCUT2D eigenvalue weighted by molar-refractivity contribution is 0.0600. The van der Waals surface area contributed by atoms with Gasteiger partial charge in [-0.05, 0) is 37.1 Å². The summed E-state index contributed by atoms with van der Waals surface area (Å²) in [6.45, 7) is 2.06. The van der Waals surface area contributed by atoms with Crippen LogP contribution in [0.4, 0.5) is 5.82 Å². The molecule has 29 heavy (non-hydrogen) atoms. The first-order valence-electron chi connectivity index (χ1n) is 9.11. The summed E-state index contributed by atoms with van der Waals surface area (Å²) >= 11 is 0. The molecular weight excluding hydrogens is 374 g/mol. The van der Waals surface area contributed by atoms with Gasteiger partial charge >= 0.3 is 5.97 Å². The first-order valence-corrected chi connectivity index (χ1v) is 9.11. The Hall–Kier alpha value is -3.75. The van der Waals surface area contributed by atoms with Gasteiger partial charge in [0.15, 0.2) is 11.3 Å². The van der Waals surface area contributed by atoms with Gasteiger partial charge in [0.05, 0.1) is 12.7 Å². The molecule has 3 rings (SSSR count). The number of fused-ring (bicyclic) bond motifs is 1. The predicted molar refractivity (Wildman–Crippen MR) is 106 cm³/mol. The minimum absolute atomic E-state index is 0.0429. The maximum absolute atomic E-state index is 12.7. The van der Waals surface area contributed by atoms with Crippen LogP contribution in [0.1, 0.15) is 56.7 Å². The van der Waals surface area contributed by atoms with Crippen molar-refractivity contribution in [1.29, 1.82) is 0 Å². The van der Waals surface area contributed by atoms with Crippen LogP contribution in [0.25, 0.3) is 5.65 Å². The molecule has 0 saturated carbocycles. The molecule has 0 radical (unpaired) electrons. The van der Waals surface area contributed by atoms with E-state index in [4.69, 9.17) is 5.73 Å². The van der Waals surface area contributed by atoms with Crippen molar-refractivity contribution < 1.29 is 19.1 Å². The van der Waals surface area contributed by atoms with Gasteiger partial charge < -0.3 is 15.8 Å². The lowest BCUT2D eigenvalue weighted by Gasteiger charge is -2.11. The molecule has 0 atom stereocenters. The Bertz CT molecular complexity index is 1070. The number of aryl methyl sites for hydroxylation is 1. The van der Waals surface area contributed by atoms with Gasteiger partial charge in [-0.25, -0.2) is 14.8 Å². The quantitative estimate of drug-likeness (QED) is 0.590. The molecule has 0 spiro atoms. The third-order valence-electron chi connectivity index (χ3n) is 4.38. The van der Waals surface area contributed by atoms with Crippen molar-refractivity contribution in [2.24, 2.45) is 5.73 Å². The number of methoxy groups -OCH3 is 1. The number of primary amides is 1. The number of esters is 1. The van der Waals surface area contributed by atoms with E-state index in [-0.39, 0.29) is 11.6 Å². The lowest BCUT2D eigenvalue weighted by atomic mass is 10.1. The highest BCUT2D eigenvalue weighted by atomic mass is 16.5. The van der Waals surface area contributed by atoms with Crippen LogP contribution in [0.15, 0.2) is 36.7 Å². The highest BCUT2D eigenvalue weighted by Gasteiger charge is 2.17. The van der Waals surface area contributed by atoms with E-state index in [9.17, 15) is 14.4 Å². The number of nitrogens with one attached hydrogen (secondary N) is 1. The van der Waals surface area contributed by atoms with Crippen molar-refractivity contribution >= 4 is 29.2 Å². The zero-order valence-electron chi connectivity index (χ0n) is 16.1. The van der Waals surface area contributed by atoms with E-state index in [0.29, 0.717) is 29.0 Å². The van der Waals surface area contributed by atoms with E-state index in [1.165, 1.54) is 42.1 Å². The summed E-state index contributed by atoms with van der Waals surface area (Å²) in [4.78, 5) is 44.4. The number of carbonyl (C=O) groups is 3. The fourth-order valence-corrected chi connectivity index (χ4v) is 2.84. The van der Waals surface area contributed by atoms with Gasteiger partial charge in [0.25, 0.3) is 11.8 Å². The molecule has 0 unspecified atom stereocenters. The van der Waals surface area contributed by atoms with E-state index in [1.807, 2.05) is 0 Å². The summed E-state index contributed by atoms with van der Waals surface area (Å²) in [6, 6.07) is 7.83. The van der Waals surface area contributed by atoms with E-state index >= 15 is 0 Å². The van der Waals surface area contributed by atoms with E-state index in [1.54, 1.807) is 6.07 Å². The lowest BCUT2D eigenvalue weighted by Crippen LogP contribution is -2.16. The summed E-state index contributed by atoms with van der Waals surface area (Å²) in [5.74, 6) is -1.14. The third kappa shape index (κ3) is 4.23. The molecule has 3 aromatic rings. The maximum atomic E-state index is 12.7. The summed E-state index contributed by atoms with van der Waals surface area (Å²) in [6.07, 6.45) is 3.96. The van der Waals surface area contributed by atoms with Gasteiger partial charge in [-0.2, -0.15) is 0 Å². The predicted octanol–water partition coefficient (Wildman–Crippen LogP) is 2.21. The number of hydrogen-bond acceptors (Lipinski definition) is 6. The number of hydrogen-bond donors (Lipinski definition) is 2. The number of imidazole rings is 1. The Morgan fingerprint density at radius 1 is 1.17 bits per heavy atom. The average Bonchev–Trinajstić information content (AvgIpc) is 3.16. The summed E-state index contributed by atoms with van der Waals surface area (Å²) in [7, 11) is 1.29. The van der Waals surface area contributed by atoms with Crippen LogP contribution in [0, 0.1) is 0 Å². The average molecular weight is 395 g/mol. The van der Waals surface area contributed by atoms with Crippen molar-refractivity contribution in [2.45, 2.75) is 26.2 Å². The molecule has 9 heteroatoms. The summed E-state index contributed by atoms with van der Waals surface area (Å²) < 4.78 is 6.16. The largest absolute Gasteiger partial charge is 0.465 e. The molecule has 0 fully saturated rings. The second-order valence-electron chi connectivity index (χ2n) is 6.41. The Labute approximate surface area is 166 Å². The molecule has 150 valence electrons. The molecule has 0 saturated heterocycles. The molecule has 2 amide bonds. The van der Waals surface area contributed by atoms with Crippen LogP contribution in [0.5, 0.6) is 0 Å². The second-order valence-corrected chi connectivity index (χ2v) is 6.41. The van der Waals surface area contributed by atoms with E-state index < -0.39 is 11.9 Å². The normalized spacial score (nSPS) is 10.7. The highest BCUT2D eigenvalue weighted by molar-refractivity contribution is 6.05. The maximum Gasteiger partial charge on any atom is 0.337 e. The zero-order chi connectivity index (χ0) is 21.0. The number of amides is 2. The SMILES string of the molecule is CCCCc1cc(NC(=O)c2ccc(C(=O)OC)cc2)n2cnc(C(N)=O)c2n1. The van der Waals surface area contributed by atoms with Gasteiger partial charge in [0, 0.05) is 17.3 Å². The topological polar surface area (TPSA) is 129 Å². The Morgan fingerprint density at radius 3 is 2.48 bits per heavy atom.